The maximum absolute atomic E-state index is 13.1. The highest BCUT2D eigenvalue weighted by Gasteiger charge is 2.52. The van der Waals surface area contributed by atoms with E-state index in [0.717, 1.165) is 5.56 Å². The highest BCUT2D eigenvalue weighted by atomic mass is 16.6. The molecule has 5 rings (SSSR count). The predicted molar refractivity (Wildman–Crippen MR) is 118 cm³/mol. The van der Waals surface area contributed by atoms with Crippen molar-refractivity contribution in [1.82, 2.24) is 15.1 Å². The number of nitrogens with zero attached hydrogens (tertiary/aromatic N) is 2. The summed E-state index contributed by atoms with van der Waals surface area (Å²) in [5.41, 5.74) is 0.683. The highest BCUT2D eigenvalue weighted by Crippen LogP contribution is 2.49. The Balaban J connectivity index is 1.38. The van der Waals surface area contributed by atoms with Crippen LogP contribution in [0.15, 0.2) is 12.1 Å². The normalized spacial score (nSPS) is 28.5. The third-order valence-corrected chi connectivity index (χ3v) is 7.19. The summed E-state index contributed by atoms with van der Waals surface area (Å²) in [6, 6.07) is 2.84. The van der Waals surface area contributed by atoms with Crippen LogP contribution in [0.25, 0.3) is 0 Å². The van der Waals surface area contributed by atoms with Crippen LogP contribution in [0, 0.1) is 0 Å². The lowest BCUT2D eigenvalue weighted by Gasteiger charge is -2.42. The average molecular weight is 472 g/mol. The molecule has 1 spiro atoms. The van der Waals surface area contributed by atoms with Crippen molar-refractivity contribution in [3.63, 3.8) is 0 Å². The Labute approximate surface area is 197 Å². The van der Waals surface area contributed by atoms with E-state index in [1.807, 2.05) is 6.07 Å². The molecule has 3 atom stereocenters. The second-order valence-corrected chi connectivity index (χ2v) is 10.5. The van der Waals surface area contributed by atoms with Crippen LogP contribution in [0.4, 0.5) is 4.79 Å². The standard InChI is InChI=1S/C24H29N3O7/c1-23(2,3)34-22(32)26-9-8-24(17(28)11-26)12-33-19-14-10-27(16-6-7-18(29)25-20(16)30)21(31)13(14)4-5-15(19)24/h4-5,16-17,28H,6-12H2,1-3H3,(H,25,29,30). The van der Waals surface area contributed by atoms with Gasteiger partial charge in [-0.1, -0.05) is 6.07 Å². The van der Waals surface area contributed by atoms with Crippen molar-refractivity contribution in [1.29, 1.82) is 0 Å². The number of likely N-dealkylation sites (tertiary alicyclic amines) is 1. The number of imide groups is 1. The lowest BCUT2D eigenvalue weighted by atomic mass is 9.72. The summed E-state index contributed by atoms with van der Waals surface area (Å²) in [6.07, 6.45) is -0.355. The van der Waals surface area contributed by atoms with Gasteiger partial charge in [0, 0.05) is 29.7 Å². The average Bonchev–Trinajstić information content (AvgIpc) is 3.28. The zero-order valence-corrected chi connectivity index (χ0v) is 19.6. The zero-order valence-electron chi connectivity index (χ0n) is 19.6. The fraction of sp³-hybridized carbons (Fsp3) is 0.583. The Hall–Kier alpha value is -3.14. The molecule has 3 unspecified atom stereocenters. The van der Waals surface area contributed by atoms with Crippen molar-refractivity contribution in [3.05, 3.63) is 28.8 Å². The number of nitrogens with one attached hydrogen (secondary N) is 1. The number of fused-ring (bicyclic) bond motifs is 4. The Kier molecular flexibility index (Phi) is 5.12. The minimum absolute atomic E-state index is 0.121. The van der Waals surface area contributed by atoms with Gasteiger partial charge in [0.05, 0.1) is 24.6 Å². The third-order valence-electron chi connectivity index (χ3n) is 7.19. The summed E-state index contributed by atoms with van der Waals surface area (Å²) >= 11 is 0. The summed E-state index contributed by atoms with van der Waals surface area (Å²) in [5, 5.41) is 13.5. The van der Waals surface area contributed by atoms with Gasteiger partial charge in [-0.15, -0.1) is 0 Å². The van der Waals surface area contributed by atoms with E-state index < -0.39 is 35.2 Å². The number of amides is 4. The molecule has 0 bridgehead atoms. The lowest BCUT2D eigenvalue weighted by molar-refractivity contribution is -0.136. The van der Waals surface area contributed by atoms with Crippen molar-refractivity contribution in [2.24, 2.45) is 0 Å². The first-order valence-corrected chi connectivity index (χ1v) is 11.6. The van der Waals surface area contributed by atoms with E-state index in [9.17, 15) is 24.3 Å². The number of hydrogen-bond acceptors (Lipinski definition) is 7. The Morgan fingerprint density at radius 2 is 2.03 bits per heavy atom. The number of aliphatic hydroxyl groups excluding tert-OH is 1. The van der Waals surface area contributed by atoms with E-state index in [1.165, 1.54) is 9.80 Å². The molecule has 10 nitrogen and oxygen atoms in total. The predicted octanol–water partition coefficient (Wildman–Crippen LogP) is 1.08. The molecule has 0 saturated carbocycles. The molecule has 2 fully saturated rings. The Morgan fingerprint density at radius 1 is 1.26 bits per heavy atom. The number of hydrogen-bond donors (Lipinski definition) is 2. The van der Waals surface area contributed by atoms with E-state index >= 15 is 0 Å². The van der Waals surface area contributed by atoms with Crippen molar-refractivity contribution in [2.75, 3.05) is 19.7 Å². The van der Waals surface area contributed by atoms with Crippen LogP contribution in [0.3, 0.4) is 0 Å². The van der Waals surface area contributed by atoms with Gasteiger partial charge >= 0.3 is 6.09 Å². The summed E-state index contributed by atoms with van der Waals surface area (Å²) in [6.45, 7) is 6.38. The van der Waals surface area contributed by atoms with Crippen LogP contribution >= 0.6 is 0 Å². The number of rotatable bonds is 1. The molecule has 0 radical (unpaired) electrons. The van der Waals surface area contributed by atoms with Crippen molar-refractivity contribution in [3.8, 4) is 5.75 Å². The van der Waals surface area contributed by atoms with Gasteiger partial charge in [-0.25, -0.2) is 4.79 Å². The molecule has 0 aromatic heterocycles. The van der Waals surface area contributed by atoms with Gasteiger partial charge in [0.2, 0.25) is 11.8 Å². The van der Waals surface area contributed by atoms with E-state index in [-0.39, 0.29) is 44.4 Å². The monoisotopic (exact) mass is 471 g/mol. The molecule has 4 amide bonds. The minimum atomic E-state index is -0.864. The number of aliphatic hydroxyl groups is 1. The molecule has 10 heteroatoms. The van der Waals surface area contributed by atoms with Crippen LogP contribution in [0.2, 0.25) is 0 Å². The first-order valence-electron chi connectivity index (χ1n) is 11.6. The van der Waals surface area contributed by atoms with Crippen molar-refractivity contribution < 1.29 is 33.8 Å². The molecule has 34 heavy (non-hydrogen) atoms. The quantitative estimate of drug-likeness (QED) is 0.587. The molecule has 182 valence electrons. The lowest BCUT2D eigenvalue weighted by Crippen LogP contribution is -2.56. The van der Waals surface area contributed by atoms with E-state index in [1.54, 1.807) is 26.8 Å². The van der Waals surface area contributed by atoms with Crippen LogP contribution in [0.5, 0.6) is 5.75 Å². The molecule has 1 aromatic rings. The fourth-order valence-electron chi connectivity index (χ4n) is 5.40. The Morgan fingerprint density at radius 3 is 2.71 bits per heavy atom. The first kappa shape index (κ1) is 22.6. The summed E-state index contributed by atoms with van der Waals surface area (Å²) in [4.78, 5) is 52.4. The zero-order chi connectivity index (χ0) is 24.4. The summed E-state index contributed by atoms with van der Waals surface area (Å²) in [5.74, 6) is -0.484. The number of carbonyl (C=O) groups is 4. The molecule has 2 saturated heterocycles. The second kappa shape index (κ2) is 7.69. The largest absolute Gasteiger partial charge is 0.492 e. The maximum Gasteiger partial charge on any atom is 0.410 e. The summed E-state index contributed by atoms with van der Waals surface area (Å²) in [7, 11) is 0. The molecule has 4 aliphatic heterocycles. The SMILES string of the molecule is CC(C)(C)OC(=O)N1CCC2(COc3c2ccc2c3CN(C3CCC(=O)NC3=O)C2=O)C(O)C1. The molecule has 4 heterocycles. The van der Waals surface area contributed by atoms with Crippen molar-refractivity contribution in [2.45, 2.75) is 69.7 Å². The first-order chi connectivity index (χ1) is 16.0. The van der Waals surface area contributed by atoms with Gasteiger partial charge in [-0.3, -0.25) is 19.7 Å². The van der Waals surface area contributed by atoms with E-state index in [0.29, 0.717) is 29.8 Å². The number of β-amino-alcohol motifs (C(OH)–C–C–N with tert-alkyl or cyclic N) is 1. The fourth-order valence-corrected chi connectivity index (χ4v) is 5.40. The molecule has 4 aliphatic rings. The highest BCUT2D eigenvalue weighted by molar-refractivity contribution is 6.05. The van der Waals surface area contributed by atoms with Gasteiger partial charge in [-0.05, 0) is 39.7 Å². The molecular formula is C24H29N3O7. The maximum atomic E-state index is 13.1. The van der Waals surface area contributed by atoms with Crippen LogP contribution in [-0.2, 0) is 26.3 Å². The number of ether oxygens (including phenoxy) is 2. The molecular weight excluding hydrogens is 442 g/mol. The van der Waals surface area contributed by atoms with E-state index in [2.05, 4.69) is 5.32 Å². The van der Waals surface area contributed by atoms with Gasteiger partial charge < -0.3 is 24.4 Å². The number of piperidine rings is 2. The minimum Gasteiger partial charge on any atom is -0.492 e. The van der Waals surface area contributed by atoms with Crippen LogP contribution < -0.4 is 10.1 Å². The van der Waals surface area contributed by atoms with Gasteiger partial charge in [-0.2, -0.15) is 0 Å². The van der Waals surface area contributed by atoms with E-state index in [4.69, 9.17) is 9.47 Å². The smallest absolute Gasteiger partial charge is 0.410 e. The van der Waals surface area contributed by atoms with Gasteiger partial charge in [0.1, 0.15) is 24.0 Å². The van der Waals surface area contributed by atoms with Crippen molar-refractivity contribution >= 4 is 23.8 Å². The van der Waals surface area contributed by atoms with Gasteiger partial charge in [0.25, 0.3) is 5.91 Å². The van der Waals surface area contributed by atoms with Gasteiger partial charge in [0.15, 0.2) is 0 Å². The molecule has 1 aromatic carbocycles. The topological polar surface area (TPSA) is 125 Å². The Bertz CT molecular complexity index is 1090. The second-order valence-electron chi connectivity index (χ2n) is 10.5. The molecule has 2 N–H and O–H groups in total. The third kappa shape index (κ3) is 3.51. The van der Waals surface area contributed by atoms with Crippen LogP contribution in [-0.4, -0.2) is 76.2 Å². The number of benzene rings is 1. The summed E-state index contributed by atoms with van der Waals surface area (Å²) < 4.78 is 11.5. The molecule has 0 aliphatic carbocycles. The van der Waals surface area contributed by atoms with Crippen LogP contribution in [0.1, 0.15) is 61.5 Å². The number of carbonyl (C=O) groups excluding carboxylic acids is 4.